The summed E-state index contributed by atoms with van der Waals surface area (Å²) >= 11 is 0. The standard InChI is InChI=1S/C17H17NO3/c1-21-17-6-5-14(4-2-3-11-19)15(12-17)13-18-9-7-16(20)8-10-18/h5-10,12,19H,3,11,13H2,1H3. The van der Waals surface area contributed by atoms with E-state index in [1.165, 1.54) is 12.1 Å². The quantitative estimate of drug-likeness (QED) is 0.868. The highest BCUT2D eigenvalue weighted by molar-refractivity contribution is 5.45. The third kappa shape index (κ3) is 4.23. The number of methoxy groups -OCH3 is 1. The average molecular weight is 283 g/mol. The lowest BCUT2D eigenvalue weighted by Gasteiger charge is -2.10. The zero-order valence-corrected chi connectivity index (χ0v) is 11.9. The van der Waals surface area contributed by atoms with Gasteiger partial charge >= 0.3 is 0 Å². The first-order chi connectivity index (χ1) is 10.2. The van der Waals surface area contributed by atoms with E-state index in [0.29, 0.717) is 13.0 Å². The number of aliphatic hydroxyl groups excluding tert-OH is 1. The summed E-state index contributed by atoms with van der Waals surface area (Å²) < 4.78 is 7.15. The van der Waals surface area contributed by atoms with Crippen LogP contribution in [0.1, 0.15) is 17.5 Å². The Hall–Kier alpha value is -2.51. The van der Waals surface area contributed by atoms with E-state index >= 15 is 0 Å². The summed E-state index contributed by atoms with van der Waals surface area (Å²) in [5.41, 5.74) is 1.88. The number of benzene rings is 1. The Morgan fingerprint density at radius 2 is 2.00 bits per heavy atom. The van der Waals surface area contributed by atoms with Crippen LogP contribution in [0, 0.1) is 11.8 Å². The number of rotatable bonds is 4. The molecule has 108 valence electrons. The molecule has 0 radical (unpaired) electrons. The molecule has 0 atom stereocenters. The molecule has 0 aliphatic carbocycles. The molecule has 0 unspecified atom stereocenters. The third-order valence-corrected chi connectivity index (χ3v) is 2.99. The van der Waals surface area contributed by atoms with Gasteiger partial charge in [0.25, 0.3) is 0 Å². The van der Waals surface area contributed by atoms with Crippen LogP contribution in [0.5, 0.6) is 5.75 Å². The van der Waals surface area contributed by atoms with Crippen molar-refractivity contribution < 1.29 is 9.84 Å². The molecule has 2 rings (SSSR count). The van der Waals surface area contributed by atoms with Gasteiger partial charge in [-0.25, -0.2) is 0 Å². The fraction of sp³-hybridized carbons (Fsp3) is 0.235. The predicted octanol–water partition coefficient (Wildman–Crippen LogP) is 1.64. The number of pyridine rings is 1. The molecule has 0 amide bonds. The van der Waals surface area contributed by atoms with Crippen LogP contribution in [0.4, 0.5) is 0 Å². The first kappa shape index (κ1) is 14.9. The van der Waals surface area contributed by atoms with Crippen molar-refractivity contribution in [1.29, 1.82) is 0 Å². The second-order valence-electron chi connectivity index (χ2n) is 4.50. The molecule has 0 fully saturated rings. The van der Waals surface area contributed by atoms with Gasteiger partial charge in [-0.1, -0.05) is 11.8 Å². The number of ether oxygens (including phenoxy) is 1. The summed E-state index contributed by atoms with van der Waals surface area (Å²) in [7, 11) is 1.62. The summed E-state index contributed by atoms with van der Waals surface area (Å²) in [5.74, 6) is 6.74. The van der Waals surface area contributed by atoms with Gasteiger partial charge in [0.05, 0.1) is 13.7 Å². The molecule has 2 aromatic rings. The van der Waals surface area contributed by atoms with Crippen molar-refractivity contribution in [1.82, 2.24) is 4.57 Å². The van der Waals surface area contributed by atoms with Gasteiger partial charge in [-0.05, 0) is 23.8 Å². The second-order valence-corrected chi connectivity index (χ2v) is 4.50. The smallest absolute Gasteiger partial charge is 0.181 e. The highest BCUT2D eigenvalue weighted by Crippen LogP contribution is 2.18. The van der Waals surface area contributed by atoms with Gasteiger partial charge in [-0.2, -0.15) is 0 Å². The Bertz CT molecular complexity index is 702. The Labute approximate surface area is 123 Å². The number of nitrogens with zero attached hydrogens (tertiary/aromatic N) is 1. The number of aromatic nitrogens is 1. The van der Waals surface area contributed by atoms with Gasteiger partial charge in [-0.15, -0.1) is 0 Å². The molecule has 4 heteroatoms. The van der Waals surface area contributed by atoms with Crippen molar-refractivity contribution in [3.63, 3.8) is 0 Å². The molecule has 0 saturated carbocycles. The molecule has 0 aliphatic heterocycles. The minimum Gasteiger partial charge on any atom is -0.497 e. The normalized spacial score (nSPS) is 9.81. The Morgan fingerprint density at radius 1 is 1.24 bits per heavy atom. The van der Waals surface area contributed by atoms with E-state index in [9.17, 15) is 4.79 Å². The summed E-state index contributed by atoms with van der Waals surface area (Å²) in [6.07, 6.45) is 3.93. The van der Waals surface area contributed by atoms with E-state index in [1.54, 1.807) is 19.5 Å². The van der Waals surface area contributed by atoms with Crippen molar-refractivity contribution in [2.45, 2.75) is 13.0 Å². The topological polar surface area (TPSA) is 51.5 Å². The second kappa shape index (κ2) is 7.32. The molecule has 1 aromatic heterocycles. The van der Waals surface area contributed by atoms with E-state index in [-0.39, 0.29) is 12.0 Å². The minimum absolute atomic E-state index is 0.0140. The highest BCUT2D eigenvalue weighted by Gasteiger charge is 2.03. The largest absolute Gasteiger partial charge is 0.497 e. The molecule has 0 bridgehead atoms. The van der Waals surface area contributed by atoms with Crippen molar-refractivity contribution in [2.24, 2.45) is 0 Å². The van der Waals surface area contributed by atoms with Crippen molar-refractivity contribution in [2.75, 3.05) is 13.7 Å². The summed E-state index contributed by atoms with van der Waals surface area (Å²) in [6, 6.07) is 8.74. The van der Waals surface area contributed by atoms with E-state index in [1.807, 2.05) is 22.8 Å². The number of hydrogen-bond donors (Lipinski definition) is 1. The molecule has 0 saturated heterocycles. The lowest BCUT2D eigenvalue weighted by atomic mass is 10.1. The van der Waals surface area contributed by atoms with Gasteiger partial charge in [0.15, 0.2) is 5.43 Å². The SMILES string of the molecule is COc1ccc(C#CCCO)c(Cn2ccc(=O)cc2)c1. The third-order valence-electron chi connectivity index (χ3n) is 2.99. The number of hydrogen-bond acceptors (Lipinski definition) is 3. The molecule has 1 N–H and O–H groups in total. The maximum absolute atomic E-state index is 11.1. The maximum Gasteiger partial charge on any atom is 0.181 e. The first-order valence-electron chi connectivity index (χ1n) is 6.65. The van der Waals surface area contributed by atoms with E-state index < -0.39 is 0 Å². The Morgan fingerprint density at radius 3 is 2.67 bits per heavy atom. The monoisotopic (exact) mass is 283 g/mol. The van der Waals surface area contributed by atoms with Crippen LogP contribution >= 0.6 is 0 Å². The van der Waals surface area contributed by atoms with Crippen LogP contribution in [0.2, 0.25) is 0 Å². The molecule has 0 spiro atoms. The maximum atomic E-state index is 11.1. The van der Waals surface area contributed by atoms with Crippen LogP contribution in [-0.2, 0) is 6.54 Å². The summed E-state index contributed by atoms with van der Waals surface area (Å²) in [5, 5.41) is 8.80. The van der Waals surface area contributed by atoms with Crippen LogP contribution in [0.3, 0.4) is 0 Å². The van der Waals surface area contributed by atoms with Gasteiger partial charge in [0.1, 0.15) is 5.75 Å². The predicted molar refractivity (Wildman–Crippen MR) is 81.4 cm³/mol. The molecular formula is C17H17NO3. The summed E-state index contributed by atoms with van der Waals surface area (Å²) in [6.45, 7) is 0.652. The first-order valence-corrected chi connectivity index (χ1v) is 6.65. The van der Waals surface area contributed by atoms with E-state index in [2.05, 4.69) is 11.8 Å². The van der Waals surface area contributed by atoms with Gasteiger partial charge < -0.3 is 14.4 Å². The molecule has 1 heterocycles. The van der Waals surface area contributed by atoms with Crippen LogP contribution in [-0.4, -0.2) is 23.4 Å². The van der Waals surface area contributed by atoms with Crippen molar-refractivity contribution in [3.05, 3.63) is 64.1 Å². The summed E-state index contributed by atoms with van der Waals surface area (Å²) in [4.78, 5) is 11.1. The van der Waals surface area contributed by atoms with E-state index in [0.717, 1.165) is 16.9 Å². The Kier molecular flexibility index (Phi) is 5.19. The fourth-order valence-corrected chi connectivity index (χ4v) is 1.91. The molecule has 1 aromatic carbocycles. The average Bonchev–Trinajstić information content (AvgIpc) is 2.51. The lowest BCUT2D eigenvalue weighted by molar-refractivity contribution is 0.305. The zero-order valence-electron chi connectivity index (χ0n) is 11.9. The van der Waals surface area contributed by atoms with Gasteiger partial charge in [0, 0.05) is 43.1 Å². The van der Waals surface area contributed by atoms with Gasteiger partial charge in [0.2, 0.25) is 0 Å². The van der Waals surface area contributed by atoms with Crippen LogP contribution < -0.4 is 10.2 Å². The minimum atomic E-state index is -0.0140. The van der Waals surface area contributed by atoms with E-state index in [4.69, 9.17) is 9.84 Å². The lowest BCUT2D eigenvalue weighted by Crippen LogP contribution is -2.06. The van der Waals surface area contributed by atoms with Crippen LogP contribution in [0.15, 0.2) is 47.5 Å². The Balaban J connectivity index is 2.32. The van der Waals surface area contributed by atoms with Crippen molar-refractivity contribution in [3.8, 4) is 17.6 Å². The molecule has 4 nitrogen and oxygen atoms in total. The van der Waals surface area contributed by atoms with Crippen LogP contribution in [0.25, 0.3) is 0 Å². The fourth-order valence-electron chi connectivity index (χ4n) is 1.91. The molecular weight excluding hydrogens is 266 g/mol. The van der Waals surface area contributed by atoms with Gasteiger partial charge in [-0.3, -0.25) is 4.79 Å². The highest BCUT2D eigenvalue weighted by atomic mass is 16.5. The molecule has 21 heavy (non-hydrogen) atoms. The molecule has 0 aliphatic rings. The number of aliphatic hydroxyl groups is 1. The zero-order chi connectivity index (χ0) is 15.1. The van der Waals surface area contributed by atoms with Crippen molar-refractivity contribution >= 4 is 0 Å².